The monoisotopic (exact) mass is 485 g/mol. The van der Waals surface area contributed by atoms with E-state index in [0.29, 0.717) is 11.8 Å². The second kappa shape index (κ2) is 8.79. The number of pyridine rings is 1. The first-order chi connectivity index (χ1) is 18.2. The number of hydrogen-bond donors (Lipinski definition) is 1. The molecule has 0 spiro atoms. The van der Waals surface area contributed by atoms with Crippen LogP contribution in [0.1, 0.15) is 30.1 Å². The molecule has 3 aliphatic heterocycles. The Labute approximate surface area is 218 Å². The van der Waals surface area contributed by atoms with Crippen LogP contribution in [0.25, 0.3) is 32.4 Å². The number of hydrogen-bond acceptors (Lipinski definition) is 2. The third-order valence-electron chi connectivity index (χ3n) is 9.40. The highest BCUT2D eigenvalue weighted by Crippen LogP contribution is 2.49. The Morgan fingerprint density at radius 1 is 0.919 bits per heavy atom. The minimum atomic E-state index is -0.539. The molecule has 4 unspecified atom stereocenters. The van der Waals surface area contributed by atoms with Gasteiger partial charge in [0.25, 0.3) is 0 Å². The van der Waals surface area contributed by atoms with Crippen molar-refractivity contribution >= 4 is 32.4 Å². The summed E-state index contributed by atoms with van der Waals surface area (Å²) >= 11 is 0. The Kier molecular flexibility index (Phi) is 5.38. The molecule has 0 aliphatic carbocycles. The van der Waals surface area contributed by atoms with Gasteiger partial charge in [0.15, 0.2) is 0 Å². The molecule has 0 amide bonds. The van der Waals surface area contributed by atoms with Crippen LogP contribution in [0.3, 0.4) is 0 Å². The van der Waals surface area contributed by atoms with Crippen LogP contribution in [0.5, 0.6) is 0 Å². The molecular formula is C34H33N2O+. The van der Waals surface area contributed by atoms with Crippen molar-refractivity contribution in [3.8, 4) is 0 Å². The fraction of sp³-hybridized carbons (Fsp3) is 0.265. The molecule has 1 aromatic heterocycles. The molecule has 3 heteroatoms. The van der Waals surface area contributed by atoms with Gasteiger partial charge in [-0.1, -0.05) is 72.8 Å². The third kappa shape index (κ3) is 3.60. The van der Waals surface area contributed by atoms with E-state index in [1.165, 1.54) is 33.5 Å². The van der Waals surface area contributed by atoms with Crippen LogP contribution in [0, 0.1) is 11.8 Å². The second-order valence-electron chi connectivity index (χ2n) is 11.2. The van der Waals surface area contributed by atoms with Crippen LogP contribution < -0.4 is 0 Å². The lowest BCUT2D eigenvalue weighted by molar-refractivity contribution is -0.984. The van der Waals surface area contributed by atoms with Gasteiger partial charge in [-0.15, -0.1) is 6.58 Å². The van der Waals surface area contributed by atoms with E-state index in [-0.39, 0.29) is 6.04 Å². The Hall–Kier alpha value is -3.53. The molecule has 3 fully saturated rings. The lowest BCUT2D eigenvalue weighted by atomic mass is 9.71. The van der Waals surface area contributed by atoms with Crippen molar-refractivity contribution in [1.82, 2.24) is 4.98 Å². The van der Waals surface area contributed by atoms with E-state index in [4.69, 9.17) is 0 Å². The normalized spacial score (nSPS) is 26.0. The van der Waals surface area contributed by atoms with Gasteiger partial charge in [0.2, 0.25) is 0 Å². The zero-order chi connectivity index (χ0) is 25.0. The van der Waals surface area contributed by atoms with Gasteiger partial charge in [-0.3, -0.25) is 4.98 Å². The summed E-state index contributed by atoms with van der Waals surface area (Å²) in [6.07, 6.45) is 5.72. The molecule has 4 aromatic carbocycles. The molecule has 4 heterocycles. The van der Waals surface area contributed by atoms with Crippen LogP contribution in [0.2, 0.25) is 0 Å². The highest BCUT2D eigenvalue weighted by atomic mass is 16.3. The van der Waals surface area contributed by atoms with Gasteiger partial charge < -0.3 is 9.59 Å². The van der Waals surface area contributed by atoms with E-state index in [0.717, 1.165) is 47.0 Å². The quantitative estimate of drug-likeness (QED) is 0.162. The largest absolute Gasteiger partial charge is 0.382 e. The maximum absolute atomic E-state index is 12.1. The first kappa shape index (κ1) is 22.7. The van der Waals surface area contributed by atoms with E-state index < -0.39 is 6.10 Å². The van der Waals surface area contributed by atoms with Crippen LogP contribution in [-0.2, 0) is 6.54 Å². The van der Waals surface area contributed by atoms with Crippen molar-refractivity contribution < 1.29 is 9.59 Å². The minimum absolute atomic E-state index is 0.137. The van der Waals surface area contributed by atoms with Crippen molar-refractivity contribution in [3.05, 3.63) is 115 Å². The van der Waals surface area contributed by atoms with Crippen molar-refractivity contribution in [2.24, 2.45) is 11.8 Å². The molecule has 5 atom stereocenters. The first-order valence-corrected chi connectivity index (χ1v) is 13.6. The van der Waals surface area contributed by atoms with E-state index >= 15 is 0 Å². The van der Waals surface area contributed by atoms with Gasteiger partial charge in [0.1, 0.15) is 18.7 Å². The molecule has 0 radical (unpaired) electrons. The molecule has 5 aromatic rings. The topological polar surface area (TPSA) is 33.1 Å². The highest BCUT2D eigenvalue weighted by molar-refractivity contribution is 6.02. The Balaban J connectivity index is 1.39. The number of para-hydroxylation sites is 1. The van der Waals surface area contributed by atoms with Crippen molar-refractivity contribution in [3.63, 3.8) is 0 Å². The SMILES string of the molecule is C=CC1C[N@+]2(Cc3c4ccccc4cc4ccccc34)CCC1CC2C(O)c1ccnc2ccccc12. The maximum Gasteiger partial charge on any atom is 0.131 e. The van der Waals surface area contributed by atoms with Gasteiger partial charge in [-0.25, -0.2) is 0 Å². The van der Waals surface area contributed by atoms with Gasteiger partial charge in [-0.2, -0.15) is 0 Å². The summed E-state index contributed by atoms with van der Waals surface area (Å²) in [5.41, 5.74) is 3.37. The summed E-state index contributed by atoms with van der Waals surface area (Å²) in [4.78, 5) is 4.57. The van der Waals surface area contributed by atoms with Crippen LogP contribution in [-0.4, -0.2) is 33.7 Å². The van der Waals surface area contributed by atoms with E-state index in [2.05, 4.69) is 78.3 Å². The highest BCUT2D eigenvalue weighted by Gasteiger charge is 2.54. The summed E-state index contributed by atoms with van der Waals surface area (Å²) < 4.78 is 0.906. The summed E-state index contributed by atoms with van der Waals surface area (Å²) in [6, 6.07) is 30.3. The molecule has 3 nitrogen and oxygen atoms in total. The van der Waals surface area contributed by atoms with Crippen LogP contribution >= 0.6 is 0 Å². The summed E-state index contributed by atoms with van der Waals surface area (Å²) in [5, 5.41) is 18.4. The summed E-state index contributed by atoms with van der Waals surface area (Å²) in [6.45, 7) is 7.28. The fourth-order valence-electron chi connectivity index (χ4n) is 7.56. The zero-order valence-corrected chi connectivity index (χ0v) is 21.1. The first-order valence-electron chi connectivity index (χ1n) is 13.6. The molecule has 184 valence electrons. The van der Waals surface area contributed by atoms with Crippen LogP contribution in [0.4, 0.5) is 0 Å². The van der Waals surface area contributed by atoms with Gasteiger partial charge >= 0.3 is 0 Å². The maximum atomic E-state index is 12.1. The second-order valence-corrected chi connectivity index (χ2v) is 11.2. The predicted molar refractivity (Wildman–Crippen MR) is 152 cm³/mol. The molecule has 0 saturated carbocycles. The lowest BCUT2D eigenvalue weighted by Crippen LogP contribution is -2.67. The molecule has 3 saturated heterocycles. The summed E-state index contributed by atoms with van der Waals surface area (Å²) in [7, 11) is 0. The van der Waals surface area contributed by atoms with E-state index in [1.54, 1.807) is 0 Å². The smallest absolute Gasteiger partial charge is 0.131 e. The van der Waals surface area contributed by atoms with Crippen molar-refractivity contribution in [1.29, 1.82) is 0 Å². The number of quaternary nitrogens is 1. The number of aromatic nitrogens is 1. The standard InChI is InChI=1S/C34H33N2O/c1-2-23-21-36(22-31-27-11-5-3-9-25(27)19-26-10-4-6-12-28(26)31)18-16-24(23)20-33(36)34(37)30-15-17-35-32-14-8-7-13-29(30)32/h2-15,17,19,23-24,33-34,37H,1,16,18,20-22H2/q+1/t23?,24?,33?,34?,36-/m0/s1. The average Bonchev–Trinajstić information content (AvgIpc) is 2.96. The van der Waals surface area contributed by atoms with Gasteiger partial charge in [0.05, 0.1) is 18.6 Å². The number of nitrogens with zero attached hydrogens (tertiary/aromatic N) is 2. The number of piperidine rings is 3. The van der Waals surface area contributed by atoms with Crippen LogP contribution in [0.15, 0.2) is 104 Å². The number of aliphatic hydroxyl groups is 1. The number of benzene rings is 4. The lowest BCUT2D eigenvalue weighted by Gasteiger charge is -2.58. The molecule has 37 heavy (non-hydrogen) atoms. The average molecular weight is 486 g/mol. The van der Waals surface area contributed by atoms with E-state index in [9.17, 15) is 5.11 Å². The number of rotatable bonds is 5. The van der Waals surface area contributed by atoms with Gasteiger partial charge in [0, 0.05) is 35.9 Å². The Morgan fingerprint density at radius 2 is 1.59 bits per heavy atom. The summed E-state index contributed by atoms with van der Waals surface area (Å²) in [5.74, 6) is 1.09. The Bertz CT molecular complexity index is 1580. The number of aliphatic hydroxyl groups excluding tert-OH is 1. The molecule has 2 bridgehead atoms. The Morgan fingerprint density at radius 3 is 2.32 bits per heavy atom. The fourth-order valence-corrected chi connectivity index (χ4v) is 7.56. The third-order valence-corrected chi connectivity index (χ3v) is 9.40. The van der Waals surface area contributed by atoms with Gasteiger partial charge in [-0.05, 0) is 51.2 Å². The molecule has 1 N–H and O–H groups in total. The molecular weight excluding hydrogens is 452 g/mol. The van der Waals surface area contributed by atoms with E-state index in [1.807, 2.05) is 30.5 Å². The minimum Gasteiger partial charge on any atom is -0.382 e. The zero-order valence-electron chi connectivity index (χ0n) is 21.1. The molecule has 3 aliphatic rings. The van der Waals surface area contributed by atoms with Crippen molar-refractivity contribution in [2.45, 2.75) is 31.5 Å². The molecule has 8 rings (SSSR count). The number of fused-ring (bicyclic) bond motifs is 6. The van der Waals surface area contributed by atoms with Crippen molar-refractivity contribution in [2.75, 3.05) is 13.1 Å². The predicted octanol–water partition coefficient (Wildman–Crippen LogP) is 7.19.